The van der Waals surface area contributed by atoms with Gasteiger partial charge in [-0.2, -0.15) is 0 Å². The first-order chi connectivity index (χ1) is 14.0. The Morgan fingerprint density at radius 3 is 2.28 bits per heavy atom. The number of aliphatic imine (C=N–C) groups is 1. The molecule has 1 heterocycles. The predicted octanol–water partition coefficient (Wildman–Crippen LogP) is 3.44. The van der Waals surface area contributed by atoms with Crippen LogP contribution in [0.25, 0.3) is 0 Å². The van der Waals surface area contributed by atoms with Crippen molar-refractivity contribution in [3.05, 3.63) is 52.8 Å². The van der Waals surface area contributed by atoms with Gasteiger partial charge in [0, 0.05) is 17.4 Å². The van der Waals surface area contributed by atoms with Gasteiger partial charge in [0.1, 0.15) is 0 Å². The number of guanidine groups is 1. The molecule has 7 heteroatoms. The summed E-state index contributed by atoms with van der Waals surface area (Å²) in [4.78, 5) is 13.9. The highest BCUT2D eigenvalue weighted by Crippen LogP contribution is 2.24. The average Bonchev–Trinajstić information content (AvgIpc) is 3.29. The number of rotatable bonds is 3. The maximum absolute atomic E-state index is 5.56. The van der Waals surface area contributed by atoms with Crippen molar-refractivity contribution in [1.82, 2.24) is 20.6 Å². The number of hydrogen-bond acceptors (Lipinski definition) is 4. The second kappa shape index (κ2) is 8.86. The summed E-state index contributed by atoms with van der Waals surface area (Å²) in [5, 5.41) is 10.5. The molecular weight excluding hydrogens is 380 g/mol. The van der Waals surface area contributed by atoms with Crippen LogP contribution in [-0.4, -0.2) is 33.1 Å². The van der Waals surface area contributed by atoms with Crippen LogP contribution in [0.4, 0.5) is 5.95 Å². The summed E-state index contributed by atoms with van der Waals surface area (Å²) < 4.78 is 0. The van der Waals surface area contributed by atoms with Crippen molar-refractivity contribution in [2.75, 3.05) is 5.32 Å². The van der Waals surface area contributed by atoms with Crippen molar-refractivity contribution in [2.45, 2.75) is 64.5 Å². The van der Waals surface area contributed by atoms with Crippen molar-refractivity contribution >= 4 is 29.2 Å². The van der Waals surface area contributed by atoms with Crippen LogP contribution in [0.15, 0.2) is 35.3 Å². The second-order valence-corrected chi connectivity index (χ2v) is 8.40. The molecule has 0 aliphatic heterocycles. The van der Waals surface area contributed by atoms with Crippen molar-refractivity contribution in [3.8, 4) is 0 Å². The number of nitrogens with one attached hydrogen (secondary N) is 3. The van der Waals surface area contributed by atoms with E-state index in [1.54, 1.807) is 0 Å². The Kier molecular flexibility index (Phi) is 6.04. The van der Waals surface area contributed by atoms with Crippen LogP contribution in [0.1, 0.15) is 48.2 Å². The number of benzene rings is 1. The van der Waals surface area contributed by atoms with E-state index in [9.17, 15) is 0 Å². The summed E-state index contributed by atoms with van der Waals surface area (Å²) in [6.07, 6.45) is 6.71. The third-order valence-electron chi connectivity index (χ3n) is 5.48. The number of hydrogen-bond donors (Lipinski definition) is 3. The monoisotopic (exact) mass is 408 g/mol. The lowest BCUT2D eigenvalue weighted by Gasteiger charge is -2.18. The molecule has 1 fully saturated rings. The minimum atomic E-state index is 0.169. The summed E-state index contributed by atoms with van der Waals surface area (Å²) in [5.74, 6) is 1.14. The number of aromatic nitrogens is 2. The average molecular weight is 409 g/mol. The number of anilines is 1. The molecule has 0 amide bonds. The lowest BCUT2D eigenvalue weighted by molar-refractivity contribution is 0.629. The van der Waals surface area contributed by atoms with Gasteiger partial charge in [-0.25, -0.2) is 15.0 Å². The third-order valence-corrected chi connectivity index (χ3v) is 5.70. The predicted molar refractivity (Wildman–Crippen MR) is 121 cm³/mol. The van der Waals surface area contributed by atoms with Crippen LogP contribution < -0.4 is 16.0 Å². The standard InChI is InChI=1S/C22H28N6S/c1-14-11-15(2)24-20(23-14)27-21(28-22(29)26-18-9-5-6-10-18)25-19-12-16-7-3-4-8-17(16)13-19/h3-4,7-8,11,18-19H,5-6,9-10,12-13H2,1-2H3,(H3,23,24,25,26,27,28,29). The SMILES string of the molecule is Cc1cc(C)nc(NC(=NC2Cc3ccccc3C2)NC(=S)NC2CCCC2)n1. The molecule has 3 N–H and O–H groups in total. The molecule has 29 heavy (non-hydrogen) atoms. The molecule has 1 aromatic heterocycles. The van der Waals surface area contributed by atoms with Crippen molar-refractivity contribution in [3.63, 3.8) is 0 Å². The molecule has 152 valence electrons. The fraction of sp³-hybridized carbons (Fsp3) is 0.455. The zero-order valence-electron chi connectivity index (χ0n) is 17.0. The first-order valence-corrected chi connectivity index (χ1v) is 10.8. The molecule has 0 unspecified atom stereocenters. The van der Waals surface area contributed by atoms with Gasteiger partial charge in [0.15, 0.2) is 5.11 Å². The lowest BCUT2D eigenvalue weighted by Crippen LogP contribution is -2.46. The van der Waals surface area contributed by atoms with Crippen LogP contribution in [-0.2, 0) is 12.8 Å². The summed E-state index contributed by atoms with van der Waals surface area (Å²) in [6, 6.07) is 11.1. The topological polar surface area (TPSA) is 74.2 Å². The van der Waals surface area contributed by atoms with Gasteiger partial charge in [-0.1, -0.05) is 37.1 Å². The maximum Gasteiger partial charge on any atom is 0.229 e. The molecule has 1 saturated carbocycles. The Morgan fingerprint density at radius 1 is 1.03 bits per heavy atom. The number of thiocarbonyl (C=S) groups is 1. The van der Waals surface area contributed by atoms with Gasteiger partial charge in [0.05, 0.1) is 6.04 Å². The van der Waals surface area contributed by atoms with E-state index >= 15 is 0 Å². The van der Waals surface area contributed by atoms with E-state index in [0.29, 0.717) is 23.1 Å². The van der Waals surface area contributed by atoms with Crippen molar-refractivity contribution < 1.29 is 0 Å². The van der Waals surface area contributed by atoms with Gasteiger partial charge in [0.2, 0.25) is 11.9 Å². The van der Waals surface area contributed by atoms with Gasteiger partial charge in [0.25, 0.3) is 0 Å². The van der Waals surface area contributed by atoms with Gasteiger partial charge < -0.3 is 10.6 Å². The fourth-order valence-electron chi connectivity index (χ4n) is 4.19. The highest BCUT2D eigenvalue weighted by molar-refractivity contribution is 7.80. The minimum Gasteiger partial charge on any atom is -0.360 e. The molecule has 2 aliphatic rings. The Labute approximate surface area is 177 Å². The highest BCUT2D eigenvalue weighted by Gasteiger charge is 2.22. The second-order valence-electron chi connectivity index (χ2n) is 7.99. The molecule has 1 aromatic carbocycles. The van der Waals surface area contributed by atoms with E-state index in [1.807, 2.05) is 19.9 Å². The normalized spacial score (nSPS) is 17.2. The number of aryl methyl sites for hydroxylation is 2. The molecular formula is C22H28N6S. The minimum absolute atomic E-state index is 0.169. The van der Waals surface area contributed by atoms with E-state index in [0.717, 1.165) is 24.2 Å². The van der Waals surface area contributed by atoms with Crippen molar-refractivity contribution in [1.29, 1.82) is 0 Å². The van der Waals surface area contributed by atoms with Gasteiger partial charge in [-0.15, -0.1) is 0 Å². The number of nitrogens with zero attached hydrogens (tertiary/aromatic N) is 3. The molecule has 6 nitrogen and oxygen atoms in total. The van der Waals surface area contributed by atoms with E-state index in [1.165, 1.54) is 36.8 Å². The van der Waals surface area contributed by atoms with Gasteiger partial charge in [-0.05, 0) is 68.9 Å². The summed E-state index contributed by atoms with van der Waals surface area (Å²) in [7, 11) is 0. The molecule has 0 saturated heterocycles. The van der Waals surface area contributed by atoms with Crippen molar-refractivity contribution in [2.24, 2.45) is 4.99 Å². The Hall–Kier alpha value is -2.54. The zero-order chi connectivity index (χ0) is 20.2. The first-order valence-electron chi connectivity index (χ1n) is 10.4. The highest BCUT2D eigenvalue weighted by atomic mass is 32.1. The molecule has 0 radical (unpaired) electrons. The number of fused-ring (bicyclic) bond motifs is 1. The van der Waals surface area contributed by atoms with Crippen LogP contribution in [0.2, 0.25) is 0 Å². The molecule has 0 bridgehead atoms. The van der Waals surface area contributed by atoms with E-state index in [4.69, 9.17) is 17.2 Å². The van der Waals surface area contributed by atoms with Crippen LogP contribution in [0.3, 0.4) is 0 Å². The first kappa shape index (κ1) is 19.8. The smallest absolute Gasteiger partial charge is 0.229 e. The summed E-state index contributed by atoms with van der Waals surface area (Å²) in [6.45, 7) is 3.92. The molecule has 2 aliphatic carbocycles. The molecule has 0 atom stereocenters. The van der Waals surface area contributed by atoms with E-state index in [2.05, 4.69) is 50.2 Å². The summed E-state index contributed by atoms with van der Waals surface area (Å²) >= 11 is 5.56. The maximum atomic E-state index is 5.56. The quantitative estimate of drug-likeness (QED) is 0.410. The van der Waals surface area contributed by atoms with Gasteiger partial charge in [-0.3, -0.25) is 5.32 Å². The Morgan fingerprint density at radius 2 is 1.66 bits per heavy atom. The molecule has 0 spiro atoms. The van der Waals surface area contributed by atoms with E-state index in [-0.39, 0.29) is 6.04 Å². The fourth-order valence-corrected chi connectivity index (χ4v) is 4.46. The van der Waals surface area contributed by atoms with Gasteiger partial charge >= 0.3 is 0 Å². The molecule has 4 rings (SSSR count). The van der Waals surface area contributed by atoms with Crippen LogP contribution >= 0.6 is 12.2 Å². The summed E-state index contributed by atoms with van der Waals surface area (Å²) in [5.41, 5.74) is 4.57. The van der Waals surface area contributed by atoms with Crippen LogP contribution in [0, 0.1) is 13.8 Å². The Bertz CT molecular complexity index is 874. The third kappa shape index (κ3) is 5.29. The Balaban J connectivity index is 1.50. The largest absolute Gasteiger partial charge is 0.360 e. The zero-order valence-corrected chi connectivity index (χ0v) is 17.9. The van der Waals surface area contributed by atoms with Crippen LogP contribution in [0.5, 0.6) is 0 Å². The lowest BCUT2D eigenvalue weighted by atomic mass is 10.1. The van der Waals surface area contributed by atoms with E-state index < -0.39 is 0 Å². The molecule has 2 aromatic rings.